The molecule has 5 heteroatoms. The fraction of sp³-hybridized carbons (Fsp3) is 0.562. The average molecular weight is 295 g/mol. The zero-order chi connectivity index (χ0) is 15.2. The summed E-state index contributed by atoms with van der Waals surface area (Å²) in [4.78, 5) is 12.8. The number of carboxylic acids is 1. The molecule has 1 heterocycles. The number of aliphatic carboxylic acids is 1. The molecule has 21 heavy (non-hydrogen) atoms. The van der Waals surface area contributed by atoms with Gasteiger partial charge in [0.1, 0.15) is 5.82 Å². The van der Waals surface area contributed by atoms with Crippen molar-refractivity contribution < 1.29 is 19.0 Å². The number of hydrogen-bond acceptors (Lipinski definition) is 3. The molecule has 1 aliphatic heterocycles. The lowest BCUT2D eigenvalue weighted by atomic mass is 10.0. The second-order valence-corrected chi connectivity index (χ2v) is 5.48. The Kier molecular flexibility index (Phi) is 5.70. The van der Waals surface area contributed by atoms with E-state index in [-0.39, 0.29) is 31.0 Å². The first kappa shape index (κ1) is 15.9. The van der Waals surface area contributed by atoms with Crippen LogP contribution >= 0.6 is 0 Å². The predicted molar refractivity (Wildman–Crippen MR) is 77.6 cm³/mol. The number of benzene rings is 1. The van der Waals surface area contributed by atoms with Gasteiger partial charge in [0, 0.05) is 19.1 Å². The molecule has 1 aromatic rings. The van der Waals surface area contributed by atoms with Crippen LogP contribution in [0.15, 0.2) is 24.3 Å². The van der Waals surface area contributed by atoms with Gasteiger partial charge < -0.3 is 9.84 Å². The van der Waals surface area contributed by atoms with Crippen molar-refractivity contribution in [3.05, 3.63) is 35.6 Å². The molecule has 0 bridgehead atoms. The second kappa shape index (κ2) is 7.52. The minimum atomic E-state index is -0.827. The standard InChI is InChI=1S/C16H22FNO3/c1-12(13-3-2-4-14(17)11-13)18-8-5-15(6-9-18)21-10-7-16(19)20/h2-4,11-12,15H,5-10H2,1H3,(H,19,20). The molecule has 0 spiro atoms. The van der Waals surface area contributed by atoms with Crippen molar-refractivity contribution in [3.8, 4) is 0 Å². The van der Waals surface area contributed by atoms with E-state index in [0.717, 1.165) is 31.5 Å². The van der Waals surface area contributed by atoms with E-state index in [1.807, 2.05) is 6.07 Å². The second-order valence-electron chi connectivity index (χ2n) is 5.48. The first-order chi connectivity index (χ1) is 10.1. The summed E-state index contributed by atoms with van der Waals surface area (Å²) in [5.74, 6) is -1.03. The number of rotatable bonds is 6. The van der Waals surface area contributed by atoms with E-state index in [1.54, 1.807) is 12.1 Å². The van der Waals surface area contributed by atoms with Gasteiger partial charge in [-0.05, 0) is 37.5 Å². The van der Waals surface area contributed by atoms with Gasteiger partial charge in [0.25, 0.3) is 0 Å². The Balaban J connectivity index is 1.79. The van der Waals surface area contributed by atoms with Gasteiger partial charge in [0.2, 0.25) is 0 Å². The van der Waals surface area contributed by atoms with Crippen LogP contribution in [0.25, 0.3) is 0 Å². The van der Waals surface area contributed by atoms with Crippen molar-refractivity contribution in [1.29, 1.82) is 0 Å². The first-order valence-electron chi connectivity index (χ1n) is 7.39. The lowest BCUT2D eigenvalue weighted by Gasteiger charge is -2.36. The van der Waals surface area contributed by atoms with Crippen LogP contribution in [-0.2, 0) is 9.53 Å². The number of likely N-dealkylation sites (tertiary alicyclic amines) is 1. The van der Waals surface area contributed by atoms with E-state index in [9.17, 15) is 9.18 Å². The lowest BCUT2D eigenvalue weighted by Crippen LogP contribution is -2.38. The normalized spacial score (nSPS) is 18.6. The molecule has 0 saturated carbocycles. The van der Waals surface area contributed by atoms with Crippen molar-refractivity contribution in [3.63, 3.8) is 0 Å². The topological polar surface area (TPSA) is 49.8 Å². The molecule has 0 aromatic heterocycles. The molecule has 1 unspecified atom stereocenters. The summed E-state index contributed by atoms with van der Waals surface area (Å²) in [5, 5.41) is 8.59. The number of piperidine rings is 1. The van der Waals surface area contributed by atoms with E-state index >= 15 is 0 Å². The van der Waals surface area contributed by atoms with Gasteiger partial charge in [-0.3, -0.25) is 9.69 Å². The van der Waals surface area contributed by atoms with Gasteiger partial charge in [-0.1, -0.05) is 12.1 Å². The summed E-state index contributed by atoms with van der Waals surface area (Å²) in [6.07, 6.45) is 1.97. The summed E-state index contributed by atoms with van der Waals surface area (Å²) in [6.45, 7) is 4.13. The monoisotopic (exact) mass is 295 g/mol. The summed E-state index contributed by atoms with van der Waals surface area (Å²) in [6, 6.07) is 6.91. The van der Waals surface area contributed by atoms with Crippen LogP contribution in [0.4, 0.5) is 4.39 Å². The van der Waals surface area contributed by atoms with E-state index < -0.39 is 5.97 Å². The molecule has 116 valence electrons. The Hall–Kier alpha value is -1.46. The molecule has 1 saturated heterocycles. The third-order valence-electron chi connectivity index (χ3n) is 4.02. The molecule has 1 aromatic carbocycles. The minimum Gasteiger partial charge on any atom is -0.481 e. The highest BCUT2D eigenvalue weighted by Crippen LogP contribution is 2.25. The number of carbonyl (C=O) groups is 1. The summed E-state index contributed by atoms with van der Waals surface area (Å²) < 4.78 is 18.9. The highest BCUT2D eigenvalue weighted by Gasteiger charge is 2.24. The van der Waals surface area contributed by atoms with E-state index in [2.05, 4.69) is 11.8 Å². The lowest BCUT2D eigenvalue weighted by molar-refractivity contribution is -0.138. The Morgan fingerprint density at radius 1 is 1.48 bits per heavy atom. The fourth-order valence-electron chi connectivity index (χ4n) is 2.72. The highest BCUT2D eigenvalue weighted by atomic mass is 19.1. The van der Waals surface area contributed by atoms with Gasteiger partial charge >= 0.3 is 5.97 Å². The van der Waals surface area contributed by atoms with Crippen LogP contribution < -0.4 is 0 Å². The van der Waals surface area contributed by atoms with Crippen LogP contribution in [0, 0.1) is 5.82 Å². The largest absolute Gasteiger partial charge is 0.481 e. The van der Waals surface area contributed by atoms with Gasteiger partial charge in [0.15, 0.2) is 0 Å². The molecule has 1 atom stereocenters. The van der Waals surface area contributed by atoms with Gasteiger partial charge in [0.05, 0.1) is 19.1 Å². The molecule has 4 nitrogen and oxygen atoms in total. The Morgan fingerprint density at radius 2 is 2.19 bits per heavy atom. The number of ether oxygens (including phenoxy) is 1. The fourth-order valence-corrected chi connectivity index (χ4v) is 2.72. The number of hydrogen-bond donors (Lipinski definition) is 1. The molecule has 1 N–H and O–H groups in total. The molecule has 0 aliphatic carbocycles. The van der Waals surface area contributed by atoms with Crippen LogP contribution in [0.2, 0.25) is 0 Å². The van der Waals surface area contributed by atoms with E-state index in [4.69, 9.17) is 9.84 Å². The number of carboxylic acid groups (broad SMARTS) is 1. The summed E-state index contributed by atoms with van der Waals surface area (Å²) in [7, 11) is 0. The van der Waals surface area contributed by atoms with Crippen LogP contribution in [0.5, 0.6) is 0 Å². The summed E-state index contributed by atoms with van der Waals surface area (Å²) in [5.41, 5.74) is 0.986. The van der Waals surface area contributed by atoms with Crippen LogP contribution in [0.3, 0.4) is 0 Å². The van der Waals surface area contributed by atoms with E-state index in [0.29, 0.717) is 0 Å². The molecular weight excluding hydrogens is 273 g/mol. The van der Waals surface area contributed by atoms with Gasteiger partial charge in [-0.15, -0.1) is 0 Å². The number of halogens is 1. The van der Waals surface area contributed by atoms with E-state index in [1.165, 1.54) is 6.07 Å². The third-order valence-corrected chi connectivity index (χ3v) is 4.02. The molecule has 1 aliphatic rings. The first-order valence-corrected chi connectivity index (χ1v) is 7.39. The van der Waals surface area contributed by atoms with Gasteiger partial charge in [-0.2, -0.15) is 0 Å². The van der Waals surface area contributed by atoms with Crippen molar-refractivity contribution in [2.75, 3.05) is 19.7 Å². The maximum absolute atomic E-state index is 13.3. The van der Waals surface area contributed by atoms with Crippen molar-refractivity contribution in [2.45, 2.75) is 38.3 Å². The van der Waals surface area contributed by atoms with Crippen molar-refractivity contribution >= 4 is 5.97 Å². The highest BCUT2D eigenvalue weighted by molar-refractivity contribution is 5.66. The molecule has 0 radical (unpaired) electrons. The zero-order valence-electron chi connectivity index (χ0n) is 12.3. The summed E-state index contributed by atoms with van der Waals surface area (Å²) >= 11 is 0. The SMILES string of the molecule is CC(c1cccc(F)c1)N1CCC(OCCC(=O)O)CC1. The quantitative estimate of drug-likeness (QED) is 0.876. The third kappa shape index (κ3) is 4.79. The molecule has 1 fully saturated rings. The Labute approximate surface area is 124 Å². The van der Waals surface area contributed by atoms with Crippen molar-refractivity contribution in [2.24, 2.45) is 0 Å². The minimum absolute atomic E-state index is 0.0555. The Morgan fingerprint density at radius 3 is 2.81 bits per heavy atom. The zero-order valence-corrected chi connectivity index (χ0v) is 12.3. The number of nitrogens with zero attached hydrogens (tertiary/aromatic N) is 1. The Bertz CT molecular complexity index is 472. The maximum atomic E-state index is 13.3. The predicted octanol–water partition coefficient (Wildman–Crippen LogP) is 2.84. The average Bonchev–Trinajstić information content (AvgIpc) is 2.47. The molecular formula is C16H22FNO3. The van der Waals surface area contributed by atoms with Crippen LogP contribution in [-0.4, -0.2) is 41.8 Å². The molecule has 2 rings (SSSR count). The van der Waals surface area contributed by atoms with Crippen molar-refractivity contribution in [1.82, 2.24) is 4.90 Å². The maximum Gasteiger partial charge on any atom is 0.305 e. The smallest absolute Gasteiger partial charge is 0.305 e. The molecule has 0 amide bonds. The van der Waals surface area contributed by atoms with Gasteiger partial charge in [-0.25, -0.2) is 4.39 Å². The van der Waals surface area contributed by atoms with Crippen LogP contribution in [0.1, 0.15) is 37.8 Å².